The molecule has 1 saturated heterocycles. The molecule has 1 aromatic carbocycles. The largest absolute Gasteiger partial charge is 0.334 e. The van der Waals surface area contributed by atoms with Crippen LogP contribution in [0.3, 0.4) is 0 Å². The standard InChI is InChI=1S/C16H22N4O/c1-3-13-16(21)19(10-9-17-13)11-14-12-7-5-6-8-15(12)20(4-2)18-14/h5-8,13,17H,3-4,9-11H2,1-2H3. The summed E-state index contributed by atoms with van der Waals surface area (Å²) < 4.78 is 2.01. The van der Waals surface area contributed by atoms with Crippen LogP contribution in [0.25, 0.3) is 10.9 Å². The number of fused-ring (bicyclic) bond motifs is 1. The first-order valence-corrected chi connectivity index (χ1v) is 7.71. The fourth-order valence-corrected chi connectivity index (χ4v) is 3.00. The van der Waals surface area contributed by atoms with Gasteiger partial charge in [0.15, 0.2) is 0 Å². The molecule has 1 aromatic heterocycles. The Bertz CT molecular complexity index is 649. The van der Waals surface area contributed by atoms with Crippen molar-refractivity contribution < 1.29 is 4.79 Å². The van der Waals surface area contributed by atoms with Gasteiger partial charge in [0.2, 0.25) is 5.91 Å². The number of benzene rings is 1. The van der Waals surface area contributed by atoms with Gasteiger partial charge in [0.1, 0.15) is 0 Å². The molecule has 5 heteroatoms. The number of aryl methyl sites for hydroxylation is 1. The van der Waals surface area contributed by atoms with Crippen LogP contribution in [-0.2, 0) is 17.9 Å². The van der Waals surface area contributed by atoms with Gasteiger partial charge in [0.25, 0.3) is 0 Å². The van der Waals surface area contributed by atoms with Crippen molar-refractivity contribution in [2.24, 2.45) is 0 Å². The average molecular weight is 286 g/mol. The molecule has 2 heterocycles. The van der Waals surface area contributed by atoms with Crippen molar-refractivity contribution in [3.63, 3.8) is 0 Å². The summed E-state index contributed by atoms with van der Waals surface area (Å²) in [5.74, 6) is 0.193. The number of piperazine rings is 1. The van der Waals surface area contributed by atoms with Crippen LogP contribution < -0.4 is 5.32 Å². The molecule has 0 aliphatic carbocycles. The zero-order chi connectivity index (χ0) is 14.8. The minimum absolute atomic E-state index is 0.0433. The van der Waals surface area contributed by atoms with E-state index in [9.17, 15) is 4.79 Å². The van der Waals surface area contributed by atoms with E-state index in [-0.39, 0.29) is 11.9 Å². The van der Waals surface area contributed by atoms with Gasteiger partial charge in [-0.15, -0.1) is 0 Å². The second-order valence-electron chi connectivity index (χ2n) is 5.45. The maximum atomic E-state index is 12.4. The number of hydrogen-bond acceptors (Lipinski definition) is 3. The van der Waals surface area contributed by atoms with Crippen molar-refractivity contribution in [1.29, 1.82) is 0 Å². The smallest absolute Gasteiger partial charge is 0.240 e. The summed E-state index contributed by atoms with van der Waals surface area (Å²) in [6.07, 6.45) is 0.833. The fourth-order valence-electron chi connectivity index (χ4n) is 3.00. The Kier molecular flexibility index (Phi) is 3.92. The second-order valence-corrected chi connectivity index (χ2v) is 5.45. The van der Waals surface area contributed by atoms with Gasteiger partial charge in [0, 0.05) is 25.0 Å². The van der Waals surface area contributed by atoms with Crippen molar-refractivity contribution in [1.82, 2.24) is 20.0 Å². The highest BCUT2D eigenvalue weighted by molar-refractivity contribution is 5.85. The molecular weight excluding hydrogens is 264 g/mol. The van der Waals surface area contributed by atoms with Gasteiger partial charge in [-0.25, -0.2) is 0 Å². The molecule has 112 valence electrons. The summed E-state index contributed by atoms with van der Waals surface area (Å²) in [6, 6.07) is 8.20. The van der Waals surface area contributed by atoms with Crippen molar-refractivity contribution in [3.8, 4) is 0 Å². The maximum absolute atomic E-state index is 12.4. The quantitative estimate of drug-likeness (QED) is 0.932. The molecule has 1 aliphatic heterocycles. The Labute approximate surface area is 124 Å². The van der Waals surface area contributed by atoms with Gasteiger partial charge in [-0.3, -0.25) is 9.48 Å². The number of carbonyl (C=O) groups excluding carboxylic acids is 1. The Morgan fingerprint density at radius 2 is 2.14 bits per heavy atom. The van der Waals surface area contributed by atoms with Crippen LogP contribution in [0.5, 0.6) is 0 Å². The molecular formula is C16H22N4O. The molecule has 1 N–H and O–H groups in total. The number of amides is 1. The highest BCUT2D eigenvalue weighted by Gasteiger charge is 2.27. The lowest BCUT2D eigenvalue weighted by atomic mass is 10.1. The molecule has 0 radical (unpaired) electrons. The number of carbonyl (C=O) groups is 1. The summed E-state index contributed by atoms with van der Waals surface area (Å²) in [4.78, 5) is 14.3. The number of para-hydroxylation sites is 1. The van der Waals surface area contributed by atoms with E-state index in [4.69, 9.17) is 0 Å². The molecule has 5 nitrogen and oxygen atoms in total. The van der Waals surface area contributed by atoms with Crippen LogP contribution in [0, 0.1) is 0 Å². The molecule has 1 amide bonds. The van der Waals surface area contributed by atoms with Gasteiger partial charge in [-0.2, -0.15) is 5.10 Å². The number of nitrogens with zero attached hydrogens (tertiary/aromatic N) is 3. The zero-order valence-corrected chi connectivity index (χ0v) is 12.7. The van der Waals surface area contributed by atoms with Crippen molar-refractivity contribution in [2.45, 2.75) is 39.4 Å². The second kappa shape index (κ2) is 5.85. The number of aromatic nitrogens is 2. The van der Waals surface area contributed by atoms with Gasteiger partial charge < -0.3 is 10.2 Å². The SMILES string of the molecule is CCC1NCCN(Cc2nn(CC)c3ccccc23)C1=O. The average Bonchev–Trinajstić information content (AvgIpc) is 2.87. The van der Waals surface area contributed by atoms with E-state index in [0.29, 0.717) is 6.54 Å². The van der Waals surface area contributed by atoms with E-state index >= 15 is 0 Å². The van der Waals surface area contributed by atoms with E-state index in [2.05, 4.69) is 29.5 Å². The normalized spacial score (nSPS) is 19.4. The van der Waals surface area contributed by atoms with Gasteiger partial charge in [-0.1, -0.05) is 25.1 Å². The fraction of sp³-hybridized carbons (Fsp3) is 0.500. The Morgan fingerprint density at radius 1 is 1.33 bits per heavy atom. The summed E-state index contributed by atoms with van der Waals surface area (Å²) in [5.41, 5.74) is 2.14. The van der Waals surface area contributed by atoms with Gasteiger partial charge in [-0.05, 0) is 19.4 Å². The molecule has 0 bridgehead atoms. The molecule has 1 aliphatic rings. The Hall–Kier alpha value is -1.88. The topological polar surface area (TPSA) is 50.2 Å². The minimum atomic E-state index is -0.0433. The third-order valence-electron chi connectivity index (χ3n) is 4.17. The first kappa shape index (κ1) is 14.1. The number of rotatable bonds is 4. The third kappa shape index (κ3) is 2.53. The number of hydrogen-bond donors (Lipinski definition) is 1. The van der Waals surface area contributed by atoms with Crippen LogP contribution in [0.4, 0.5) is 0 Å². The van der Waals surface area contributed by atoms with Crippen LogP contribution in [0.1, 0.15) is 26.0 Å². The lowest BCUT2D eigenvalue weighted by Gasteiger charge is -2.32. The van der Waals surface area contributed by atoms with Crippen molar-refractivity contribution >= 4 is 16.8 Å². The summed E-state index contributed by atoms with van der Waals surface area (Å²) >= 11 is 0. The van der Waals surface area contributed by atoms with E-state index in [1.807, 2.05) is 28.6 Å². The predicted molar refractivity (Wildman–Crippen MR) is 82.9 cm³/mol. The van der Waals surface area contributed by atoms with Gasteiger partial charge >= 0.3 is 0 Å². The predicted octanol–water partition coefficient (Wildman–Crippen LogP) is 1.77. The minimum Gasteiger partial charge on any atom is -0.334 e. The lowest BCUT2D eigenvalue weighted by Crippen LogP contribution is -2.54. The van der Waals surface area contributed by atoms with Gasteiger partial charge in [0.05, 0.1) is 23.8 Å². The summed E-state index contributed by atoms with van der Waals surface area (Å²) in [5, 5.41) is 9.11. The molecule has 1 fully saturated rings. The molecule has 2 aromatic rings. The van der Waals surface area contributed by atoms with Crippen molar-refractivity contribution in [3.05, 3.63) is 30.0 Å². The molecule has 1 unspecified atom stereocenters. The first-order valence-electron chi connectivity index (χ1n) is 7.71. The van der Waals surface area contributed by atoms with Crippen LogP contribution in [0.15, 0.2) is 24.3 Å². The summed E-state index contributed by atoms with van der Waals surface area (Å²) in [6.45, 7) is 7.18. The van der Waals surface area contributed by atoms with Crippen LogP contribution >= 0.6 is 0 Å². The highest BCUT2D eigenvalue weighted by Crippen LogP contribution is 2.20. The van der Waals surface area contributed by atoms with Crippen LogP contribution in [-0.4, -0.2) is 39.7 Å². The van der Waals surface area contributed by atoms with E-state index in [0.717, 1.165) is 42.7 Å². The monoisotopic (exact) mass is 286 g/mol. The third-order valence-corrected chi connectivity index (χ3v) is 4.17. The van der Waals surface area contributed by atoms with E-state index < -0.39 is 0 Å². The molecule has 1 atom stereocenters. The number of nitrogens with one attached hydrogen (secondary N) is 1. The zero-order valence-electron chi connectivity index (χ0n) is 12.7. The maximum Gasteiger partial charge on any atom is 0.240 e. The summed E-state index contributed by atoms with van der Waals surface area (Å²) in [7, 11) is 0. The molecule has 0 spiro atoms. The first-order chi connectivity index (χ1) is 10.2. The highest BCUT2D eigenvalue weighted by atomic mass is 16.2. The van der Waals surface area contributed by atoms with E-state index in [1.54, 1.807) is 0 Å². The Balaban J connectivity index is 1.89. The Morgan fingerprint density at radius 3 is 2.90 bits per heavy atom. The molecule has 21 heavy (non-hydrogen) atoms. The lowest BCUT2D eigenvalue weighted by molar-refractivity contribution is -0.136. The van der Waals surface area contributed by atoms with E-state index in [1.165, 1.54) is 0 Å². The van der Waals surface area contributed by atoms with Crippen LogP contribution in [0.2, 0.25) is 0 Å². The molecule has 0 saturated carbocycles. The molecule has 3 rings (SSSR count). The van der Waals surface area contributed by atoms with Crippen molar-refractivity contribution in [2.75, 3.05) is 13.1 Å².